The molecule has 0 aliphatic heterocycles. The molecule has 6 heteroatoms. The summed E-state index contributed by atoms with van der Waals surface area (Å²) in [6, 6.07) is 1.81. The Labute approximate surface area is 89.2 Å². The fraction of sp³-hybridized carbons (Fsp3) is 0.100. The molecule has 0 aliphatic rings. The second kappa shape index (κ2) is 5.20. The largest absolute Gasteiger partial charge is 0.478 e. The monoisotopic (exact) mass is 231 g/mol. The van der Waals surface area contributed by atoms with Gasteiger partial charge in [-0.1, -0.05) is 6.08 Å². The van der Waals surface area contributed by atoms with Gasteiger partial charge in [0.2, 0.25) is 0 Å². The topological polar surface area (TPSA) is 49.3 Å². The van der Waals surface area contributed by atoms with E-state index in [9.17, 15) is 18.0 Å². The van der Waals surface area contributed by atoms with Crippen molar-refractivity contribution < 1.29 is 23.1 Å². The van der Waals surface area contributed by atoms with Crippen LogP contribution in [0.3, 0.4) is 0 Å². The Morgan fingerprint density at radius 3 is 2.62 bits per heavy atom. The minimum atomic E-state index is -1.56. The maximum atomic E-state index is 13.0. The van der Waals surface area contributed by atoms with E-state index in [1.54, 1.807) is 0 Å². The summed E-state index contributed by atoms with van der Waals surface area (Å²) < 4.78 is 38.3. The van der Waals surface area contributed by atoms with Crippen LogP contribution in [-0.4, -0.2) is 17.6 Å². The van der Waals surface area contributed by atoms with Crippen LogP contribution in [0.2, 0.25) is 0 Å². The van der Waals surface area contributed by atoms with E-state index >= 15 is 0 Å². The first-order valence-electron chi connectivity index (χ1n) is 4.29. The molecule has 1 rings (SSSR count). The van der Waals surface area contributed by atoms with Crippen molar-refractivity contribution in [3.05, 3.63) is 41.7 Å². The molecular weight excluding hydrogens is 223 g/mol. The zero-order chi connectivity index (χ0) is 12.1. The number of anilines is 1. The van der Waals surface area contributed by atoms with Crippen LogP contribution in [0.5, 0.6) is 0 Å². The van der Waals surface area contributed by atoms with Crippen LogP contribution in [0.1, 0.15) is 0 Å². The van der Waals surface area contributed by atoms with Gasteiger partial charge in [0, 0.05) is 12.6 Å². The Bertz CT molecular complexity index is 432. The SMILES string of the molecule is O=C(O)/C=C/CNc1ccc(F)c(F)c1F. The Morgan fingerprint density at radius 1 is 1.31 bits per heavy atom. The average Bonchev–Trinajstić information content (AvgIpc) is 2.23. The van der Waals surface area contributed by atoms with Crippen molar-refractivity contribution in [3.8, 4) is 0 Å². The van der Waals surface area contributed by atoms with E-state index in [2.05, 4.69) is 5.32 Å². The first-order chi connectivity index (χ1) is 7.52. The van der Waals surface area contributed by atoms with Crippen LogP contribution in [-0.2, 0) is 4.79 Å². The highest BCUT2D eigenvalue weighted by atomic mass is 19.2. The summed E-state index contributed by atoms with van der Waals surface area (Å²) in [6.07, 6.45) is 2.06. The van der Waals surface area contributed by atoms with Gasteiger partial charge in [0.05, 0.1) is 5.69 Å². The number of carboxylic acids is 1. The van der Waals surface area contributed by atoms with E-state index in [0.29, 0.717) is 0 Å². The zero-order valence-corrected chi connectivity index (χ0v) is 8.01. The van der Waals surface area contributed by atoms with E-state index in [1.165, 1.54) is 6.08 Å². The Morgan fingerprint density at radius 2 is 2.00 bits per heavy atom. The zero-order valence-electron chi connectivity index (χ0n) is 8.01. The van der Waals surface area contributed by atoms with Gasteiger partial charge in [-0.2, -0.15) is 0 Å². The van der Waals surface area contributed by atoms with Crippen molar-refractivity contribution in [2.75, 3.05) is 11.9 Å². The molecule has 3 nitrogen and oxygen atoms in total. The minimum absolute atomic E-state index is 0.00566. The van der Waals surface area contributed by atoms with Gasteiger partial charge in [-0.25, -0.2) is 18.0 Å². The maximum absolute atomic E-state index is 13.0. The number of rotatable bonds is 4. The van der Waals surface area contributed by atoms with Gasteiger partial charge in [0.15, 0.2) is 17.5 Å². The number of hydrogen-bond acceptors (Lipinski definition) is 2. The van der Waals surface area contributed by atoms with Crippen molar-refractivity contribution in [1.82, 2.24) is 0 Å². The number of hydrogen-bond donors (Lipinski definition) is 2. The Kier molecular flexibility index (Phi) is 3.93. The standard InChI is InChI=1S/C10H8F3NO2/c11-6-3-4-7(10(13)9(6)12)14-5-1-2-8(15)16/h1-4,14H,5H2,(H,15,16)/b2-1+. The predicted molar refractivity (Wildman–Crippen MR) is 51.6 cm³/mol. The summed E-state index contributed by atoms with van der Waals surface area (Å²) in [7, 11) is 0. The van der Waals surface area contributed by atoms with E-state index < -0.39 is 23.4 Å². The van der Waals surface area contributed by atoms with Gasteiger partial charge in [-0.15, -0.1) is 0 Å². The van der Waals surface area contributed by atoms with Gasteiger partial charge in [-0.05, 0) is 12.1 Å². The molecule has 0 spiro atoms. The molecule has 0 saturated heterocycles. The summed E-state index contributed by atoms with van der Waals surface area (Å²) >= 11 is 0. The molecule has 0 saturated carbocycles. The van der Waals surface area contributed by atoms with E-state index in [-0.39, 0.29) is 12.2 Å². The third-order valence-electron chi connectivity index (χ3n) is 1.71. The number of nitrogens with one attached hydrogen (secondary N) is 1. The number of carboxylic acid groups (broad SMARTS) is 1. The molecule has 0 aromatic heterocycles. The van der Waals surface area contributed by atoms with Gasteiger partial charge in [0.25, 0.3) is 0 Å². The molecule has 0 unspecified atom stereocenters. The fourth-order valence-corrected chi connectivity index (χ4v) is 0.991. The minimum Gasteiger partial charge on any atom is -0.478 e. The normalized spacial score (nSPS) is 10.7. The third kappa shape index (κ3) is 3.01. The van der Waals surface area contributed by atoms with E-state index in [1.807, 2.05) is 0 Å². The number of halogens is 3. The molecule has 1 aromatic carbocycles. The van der Waals surface area contributed by atoms with Crippen molar-refractivity contribution in [2.24, 2.45) is 0 Å². The molecule has 0 heterocycles. The van der Waals surface area contributed by atoms with Crippen molar-refractivity contribution in [2.45, 2.75) is 0 Å². The summed E-state index contributed by atoms with van der Waals surface area (Å²) in [5.74, 6) is -5.31. The fourth-order valence-electron chi connectivity index (χ4n) is 0.991. The lowest BCUT2D eigenvalue weighted by Crippen LogP contribution is -2.04. The molecular formula is C10H8F3NO2. The molecule has 0 bridgehead atoms. The van der Waals surface area contributed by atoms with Crippen LogP contribution >= 0.6 is 0 Å². The van der Waals surface area contributed by atoms with Crippen LogP contribution in [0.15, 0.2) is 24.3 Å². The Balaban J connectivity index is 2.68. The number of aliphatic carboxylic acids is 1. The molecule has 0 amide bonds. The molecule has 0 fully saturated rings. The molecule has 0 radical (unpaired) electrons. The highest BCUT2D eigenvalue weighted by Gasteiger charge is 2.12. The summed E-state index contributed by atoms with van der Waals surface area (Å²) in [4.78, 5) is 10.1. The third-order valence-corrected chi connectivity index (χ3v) is 1.71. The van der Waals surface area contributed by atoms with Crippen LogP contribution in [0, 0.1) is 17.5 Å². The summed E-state index contributed by atoms with van der Waals surface area (Å²) in [5.41, 5.74) is -0.228. The van der Waals surface area contributed by atoms with Crippen molar-refractivity contribution >= 4 is 11.7 Å². The molecule has 86 valence electrons. The number of carbonyl (C=O) groups is 1. The summed E-state index contributed by atoms with van der Waals surface area (Å²) in [6.45, 7) is -0.00566. The molecule has 16 heavy (non-hydrogen) atoms. The van der Waals surface area contributed by atoms with E-state index in [0.717, 1.165) is 18.2 Å². The highest BCUT2D eigenvalue weighted by Crippen LogP contribution is 2.19. The average molecular weight is 231 g/mol. The van der Waals surface area contributed by atoms with Gasteiger partial charge >= 0.3 is 5.97 Å². The van der Waals surface area contributed by atoms with Gasteiger partial charge in [0.1, 0.15) is 0 Å². The molecule has 2 N–H and O–H groups in total. The number of benzene rings is 1. The summed E-state index contributed by atoms with van der Waals surface area (Å²) in [5, 5.41) is 10.7. The smallest absolute Gasteiger partial charge is 0.328 e. The lowest BCUT2D eigenvalue weighted by molar-refractivity contribution is -0.131. The van der Waals surface area contributed by atoms with Crippen molar-refractivity contribution in [1.29, 1.82) is 0 Å². The van der Waals surface area contributed by atoms with Crippen LogP contribution in [0.25, 0.3) is 0 Å². The first-order valence-corrected chi connectivity index (χ1v) is 4.29. The van der Waals surface area contributed by atoms with Crippen LogP contribution < -0.4 is 5.32 Å². The lowest BCUT2D eigenvalue weighted by atomic mass is 10.3. The van der Waals surface area contributed by atoms with E-state index in [4.69, 9.17) is 5.11 Å². The molecule has 0 atom stereocenters. The predicted octanol–water partition coefficient (Wildman–Crippen LogP) is 2.16. The second-order valence-corrected chi connectivity index (χ2v) is 2.84. The Hall–Kier alpha value is -1.98. The van der Waals surface area contributed by atoms with Gasteiger partial charge in [-0.3, -0.25) is 0 Å². The lowest BCUT2D eigenvalue weighted by Gasteiger charge is -2.05. The van der Waals surface area contributed by atoms with Gasteiger partial charge < -0.3 is 10.4 Å². The van der Waals surface area contributed by atoms with Crippen molar-refractivity contribution in [3.63, 3.8) is 0 Å². The van der Waals surface area contributed by atoms with Crippen LogP contribution in [0.4, 0.5) is 18.9 Å². The quantitative estimate of drug-likeness (QED) is 0.616. The maximum Gasteiger partial charge on any atom is 0.328 e. The second-order valence-electron chi connectivity index (χ2n) is 2.84. The first kappa shape index (κ1) is 12.1. The molecule has 0 aliphatic carbocycles. The molecule has 1 aromatic rings. The highest BCUT2D eigenvalue weighted by molar-refractivity contribution is 5.79.